The molecule has 0 saturated carbocycles. The van der Waals surface area contributed by atoms with E-state index in [1.165, 1.54) is 55.2 Å². The van der Waals surface area contributed by atoms with Crippen LogP contribution in [0.2, 0.25) is 0 Å². The first-order valence-electron chi connectivity index (χ1n) is 21.3. The summed E-state index contributed by atoms with van der Waals surface area (Å²) in [5, 5.41) is 2.43. The molecule has 1 heterocycles. The number of rotatable bonds is 9. The van der Waals surface area contributed by atoms with Crippen LogP contribution in [-0.4, -0.2) is 4.57 Å². The molecule has 0 spiro atoms. The molecule has 11 rings (SSSR count). The smallest absolute Gasteiger partial charge is 0.0561 e. The predicted octanol–water partition coefficient (Wildman–Crippen LogP) is 16.6. The number of aromatic nitrogens is 1. The van der Waals surface area contributed by atoms with Crippen LogP contribution in [0, 0.1) is 0 Å². The Morgan fingerprint density at radius 3 is 1.42 bits per heavy atom. The molecule has 0 aliphatic heterocycles. The van der Waals surface area contributed by atoms with Gasteiger partial charge in [0, 0.05) is 33.4 Å². The van der Waals surface area contributed by atoms with Gasteiger partial charge >= 0.3 is 0 Å². The number of benzene rings is 10. The normalized spacial score (nSPS) is 11.2. The number of nitrogens with zero attached hydrogens (tertiary/aromatic N) is 2. The van der Waals surface area contributed by atoms with E-state index in [-0.39, 0.29) is 0 Å². The molecule has 0 aliphatic rings. The van der Waals surface area contributed by atoms with Crippen LogP contribution in [0.15, 0.2) is 255 Å². The second-order valence-electron chi connectivity index (χ2n) is 15.7. The lowest BCUT2D eigenvalue weighted by atomic mass is 9.94. The average molecular weight is 791 g/mol. The maximum atomic E-state index is 2.44. The van der Waals surface area contributed by atoms with Crippen molar-refractivity contribution in [2.75, 3.05) is 4.90 Å². The molecule has 0 N–H and O–H groups in total. The first kappa shape index (κ1) is 36.8. The number of hydrogen-bond acceptors (Lipinski definition) is 1. The summed E-state index contributed by atoms with van der Waals surface area (Å²) in [6, 6.07) is 92.2. The van der Waals surface area contributed by atoms with Gasteiger partial charge in [0.05, 0.1) is 16.7 Å². The third-order valence-corrected chi connectivity index (χ3v) is 12.0. The zero-order valence-corrected chi connectivity index (χ0v) is 34.1. The third-order valence-electron chi connectivity index (χ3n) is 12.0. The minimum absolute atomic E-state index is 1.07. The fourth-order valence-electron chi connectivity index (χ4n) is 9.04. The van der Waals surface area contributed by atoms with Crippen LogP contribution in [-0.2, 0) is 0 Å². The van der Waals surface area contributed by atoms with E-state index in [0.717, 1.165) is 45.0 Å². The number of anilines is 3. The van der Waals surface area contributed by atoms with Gasteiger partial charge in [-0.05, 0) is 98.6 Å². The van der Waals surface area contributed by atoms with Gasteiger partial charge in [-0.3, -0.25) is 0 Å². The van der Waals surface area contributed by atoms with Crippen LogP contribution in [0.3, 0.4) is 0 Å². The lowest BCUT2D eigenvalue weighted by molar-refractivity contribution is 1.18. The molecule has 292 valence electrons. The molecule has 0 bridgehead atoms. The van der Waals surface area contributed by atoms with Gasteiger partial charge in [0.15, 0.2) is 0 Å². The highest BCUT2D eigenvalue weighted by Crippen LogP contribution is 2.45. The van der Waals surface area contributed by atoms with E-state index in [1.807, 2.05) is 0 Å². The highest BCUT2D eigenvalue weighted by molar-refractivity contribution is 6.10. The fourth-order valence-corrected chi connectivity index (χ4v) is 9.04. The van der Waals surface area contributed by atoms with Gasteiger partial charge in [0.1, 0.15) is 0 Å². The Balaban J connectivity index is 1.14. The molecule has 0 atom stereocenters. The number of hydrogen-bond donors (Lipinski definition) is 0. The topological polar surface area (TPSA) is 8.17 Å². The predicted molar refractivity (Wildman–Crippen MR) is 263 cm³/mol. The number of para-hydroxylation sites is 1. The van der Waals surface area contributed by atoms with Crippen LogP contribution in [0.1, 0.15) is 0 Å². The van der Waals surface area contributed by atoms with E-state index in [0.29, 0.717) is 0 Å². The average Bonchev–Trinajstić information content (AvgIpc) is 3.69. The quantitative estimate of drug-likeness (QED) is 0.141. The second-order valence-corrected chi connectivity index (χ2v) is 15.7. The largest absolute Gasteiger partial charge is 0.310 e. The summed E-state index contributed by atoms with van der Waals surface area (Å²) in [6.07, 6.45) is 0. The van der Waals surface area contributed by atoms with Gasteiger partial charge in [-0.1, -0.05) is 206 Å². The van der Waals surface area contributed by atoms with Crippen molar-refractivity contribution in [2.24, 2.45) is 0 Å². The molecule has 0 fully saturated rings. The van der Waals surface area contributed by atoms with Crippen LogP contribution in [0.25, 0.3) is 83.1 Å². The molecule has 2 heteroatoms. The highest BCUT2D eigenvalue weighted by Gasteiger charge is 2.22. The van der Waals surface area contributed by atoms with E-state index in [4.69, 9.17) is 0 Å². The Hall–Kier alpha value is -8.20. The molecule has 0 radical (unpaired) electrons. The summed E-state index contributed by atoms with van der Waals surface area (Å²) in [4.78, 5) is 2.44. The summed E-state index contributed by atoms with van der Waals surface area (Å²) in [5.41, 5.74) is 18.5. The molecule has 0 aliphatic carbocycles. The van der Waals surface area contributed by atoms with Gasteiger partial charge in [0.25, 0.3) is 0 Å². The molecule has 11 aromatic rings. The molecule has 1 aromatic heterocycles. The monoisotopic (exact) mass is 790 g/mol. The minimum atomic E-state index is 1.07. The molecular formula is C60H42N2. The van der Waals surface area contributed by atoms with Crippen LogP contribution in [0.5, 0.6) is 0 Å². The van der Waals surface area contributed by atoms with Crippen LogP contribution in [0.4, 0.5) is 17.1 Å². The summed E-state index contributed by atoms with van der Waals surface area (Å²) in [5.74, 6) is 0. The van der Waals surface area contributed by atoms with Crippen molar-refractivity contribution in [1.29, 1.82) is 0 Å². The first-order valence-corrected chi connectivity index (χ1v) is 21.3. The van der Waals surface area contributed by atoms with E-state index < -0.39 is 0 Å². The molecule has 0 unspecified atom stereocenters. The summed E-state index contributed by atoms with van der Waals surface area (Å²) in [7, 11) is 0. The van der Waals surface area contributed by atoms with Gasteiger partial charge in [-0.25, -0.2) is 0 Å². The SMILES string of the molecule is c1ccc(-c2ccc(N(c3ccc4c5ccccc5n(-c5cccc(-c6ccccc6-c6ccccc6)c5)c4c3)c3cc(-c4ccccc4)ccc3-c3ccccc3)cc2)cc1. The molecule has 0 saturated heterocycles. The van der Waals surface area contributed by atoms with Gasteiger partial charge in [-0.2, -0.15) is 0 Å². The van der Waals surface area contributed by atoms with Gasteiger partial charge < -0.3 is 9.47 Å². The Labute approximate surface area is 362 Å². The van der Waals surface area contributed by atoms with E-state index in [9.17, 15) is 0 Å². The van der Waals surface area contributed by atoms with E-state index in [2.05, 4.69) is 264 Å². The lowest BCUT2D eigenvalue weighted by Gasteiger charge is -2.29. The van der Waals surface area contributed by atoms with Crippen molar-refractivity contribution in [3.63, 3.8) is 0 Å². The Morgan fingerprint density at radius 1 is 0.258 bits per heavy atom. The first-order chi connectivity index (χ1) is 30.8. The zero-order chi connectivity index (χ0) is 41.2. The number of fused-ring (bicyclic) bond motifs is 3. The minimum Gasteiger partial charge on any atom is -0.310 e. The van der Waals surface area contributed by atoms with Crippen molar-refractivity contribution in [3.8, 4) is 61.3 Å². The summed E-state index contributed by atoms with van der Waals surface area (Å²) < 4.78 is 2.44. The molecule has 10 aromatic carbocycles. The van der Waals surface area contributed by atoms with Crippen molar-refractivity contribution in [2.45, 2.75) is 0 Å². The van der Waals surface area contributed by atoms with E-state index in [1.54, 1.807) is 0 Å². The van der Waals surface area contributed by atoms with Crippen molar-refractivity contribution in [3.05, 3.63) is 255 Å². The summed E-state index contributed by atoms with van der Waals surface area (Å²) in [6.45, 7) is 0. The fraction of sp³-hybridized carbons (Fsp3) is 0. The van der Waals surface area contributed by atoms with Gasteiger partial charge in [-0.15, -0.1) is 0 Å². The molecular weight excluding hydrogens is 749 g/mol. The molecule has 0 amide bonds. The summed E-state index contributed by atoms with van der Waals surface area (Å²) >= 11 is 0. The van der Waals surface area contributed by atoms with Crippen LogP contribution < -0.4 is 4.90 Å². The van der Waals surface area contributed by atoms with Crippen molar-refractivity contribution in [1.82, 2.24) is 4.57 Å². The van der Waals surface area contributed by atoms with Crippen molar-refractivity contribution < 1.29 is 0 Å². The Morgan fingerprint density at radius 2 is 0.742 bits per heavy atom. The third kappa shape index (κ3) is 6.84. The van der Waals surface area contributed by atoms with E-state index >= 15 is 0 Å². The maximum Gasteiger partial charge on any atom is 0.0561 e. The standard InChI is InChI=1S/C60H42N2/c1-5-18-43(19-6-1)45-32-35-50(36-33-45)61(59-41-48(44-20-7-2-8-21-44)34-38-55(59)47-24-11-4-12-25-47)52-37-39-57-56-30-15-16-31-58(56)62(60(57)42-52)51-27-17-26-49(40-51)54-29-14-13-28-53(54)46-22-9-3-10-23-46/h1-42H. The highest BCUT2D eigenvalue weighted by atomic mass is 15.1. The Kier molecular flexibility index (Phi) is 9.57. The zero-order valence-electron chi connectivity index (χ0n) is 34.1. The Bertz CT molecular complexity index is 3310. The molecule has 2 nitrogen and oxygen atoms in total. The van der Waals surface area contributed by atoms with Gasteiger partial charge in [0.2, 0.25) is 0 Å². The maximum absolute atomic E-state index is 2.44. The second kappa shape index (κ2) is 16.1. The van der Waals surface area contributed by atoms with Crippen LogP contribution >= 0.6 is 0 Å². The lowest BCUT2D eigenvalue weighted by Crippen LogP contribution is -2.11. The molecule has 62 heavy (non-hydrogen) atoms. The van der Waals surface area contributed by atoms with Crippen molar-refractivity contribution >= 4 is 38.9 Å².